The van der Waals surface area contributed by atoms with Crippen LogP contribution in [0.25, 0.3) is 0 Å². The van der Waals surface area contributed by atoms with Crippen LogP contribution >= 0.6 is 0 Å². The van der Waals surface area contributed by atoms with E-state index in [1.165, 1.54) is 57.8 Å². The van der Waals surface area contributed by atoms with Gasteiger partial charge in [-0.2, -0.15) is 0 Å². The predicted octanol–water partition coefficient (Wildman–Crippen LogP) is 4.66. The minimum absolute atomic E-state index is 0.152. The number of hydrogen-bond acceptors (Lipinski definition) is 1. The van der Waals surface area contributed by atoms with Crippen LogP contribution in [0.5, 0.6) is 0 Å². The molecular weight excluding hydrogens is 222 g/mol. The van der Waals surface area contributed by atoms with Crippen LogP contribution in [0.2, 0.25) is 0 Å². The number of carbonyl (C=O) groups excluding carboxylic acids is 1. The van der Waals surface area contributed by atoms with Crippen molar-refractivity contribution in [2.45, 2.75) is 85.0 Å². The minimum atomic E-state index is -0.152. The van der Waals surface area contributed by atoms with Crippen molar-refractivity contribution in [3.05, 3.63) is 0 Å². The number of nitrogens with two attached hydrogens (primary N) is 1. The monoisotopic (exact) mass is 255 g/mol. The molecule has 0 aliphatic carbocycles. The average molecular weight is 255 g/mol. The minimum Gasteiger partial charge on any atom is -0.370 e. The molecule has 0 aromatic heterocycles. The van der Waals surface area contributed by atoms with Crippen molar-refractivity contribution < 1.29 is 4.79 Å². The largest absolute Gasteiger partial charge is 0.370 e. The molecule has 2 N–H and O–H groups in total. The maximum Gasteiger partial charge on any atom is 0.217 e. The van der Waals surface area contributed by atoms with Crippen molar-refractivity contribution in [2.24, 2.45) is 17.6 Å². The third kappa shape index (κ3) is 10.6. The summed E-state index contributed by atoms with van der Waals surface area (Å²) < 4.78 is 0. The summed E-state index contributed by atoms with van der Waals surface area (Å²) in [6.07, 6.45) is 12.4. The zero-order chi connectivity index (χ0) is 13.8. The van der Waals surface area contributed by atoms with E-state index in [1.807, 2.05) is 0 Å². The van der Waals surface area contributed by atoms with E-state index in [-0.39, 0.29) is 5.91 Å². The second-order valence-electron chi connectivity index (χ2n) is 5.87. The molecule has 108 valence electrons. The van der Waals surface area contributed by atoms with Gasteiger partial charge < -0.3 is 5.73 Å². The lowest BCUT2D eigenvalue weighted by Crippen LogP contribution is -2.17. The van der Waals surface area contributed by atoms with Crippen LogP contribution in [-0.2, 0) is 4.79 Å². The van der Waals surface area contributed by atoms with Crippen LogP contribution in [-0.4, -0.2) is 5.91 Å². The van der Waals surface area contributed by atoms with Gasteiger partial charge in [-0.05, 0) is 18.3 Å². The maximum absolute atomic E-state index is 10.9. The summed E-state index contributed by atoms with van der Waals surface area (Å²) in [6.45, 7) is 6.67. The molecule has 0 aromatic carbocycles. The van der Waals surface area contributed by atoms with Crippen LogP contribution in [0.1, 0.15) is 85.0 Å². The maximum atomic E-state index is 10.9. The molecule has 1 amide bonds. The van der Waals surface area contributed by atoms with E-state index in [2.05, 4.69) is 20.8 Å². The van der Waals surface area contributed by atoms with Crippen LogP contribution in [0.4, 0.5) is 0 Å². The Hall–Kier alpha value is -0.530. The molecule has 0 heterocycles. The van der Waals surface area contributed by atoms with E-state index < -0.39 is 0 Å². The van der Waals surface area contributed by atoms with Crippen molar-refractivity contribution in [1.82, 2.24) is 0 Å². The summed E-state index contributed by atoms with van der Waals surface area (Å²) >= 11 is 0. The highest BCUT2D eigenvalue weighted by molar-refractivity contribution is 5.73. The molecule has 2 unspecified atom stereocenters. The standard InChI is InChI=1S/C16H33NO/c1-4-6-7-8-9-11-15(10-5-2)12-14(3)13-16(17)18/h14-15H,4-13H2,1-3H3,(H2,17,18). The van der Waals surface area contributed by atoms with E-state index >= 15 is 0 Å². The predicted molar refractivity (Wildman–Crippen MR) is 79.4 cm³/mol. The van der Waals surface area contributed by atoms with E-state index in [0.717, 1.165) is 5.92 Å². The molecule has 0 rings (SSSR count). The van der Waals surface area contributed by atoms with Gasteiger partial charge in [-0.15, -0.1) is 0 Å². The number of rotatable bonds is 12. The van der Waals surface area contributed by atoms with Crippen molar-refractivity contribution in [2.75, 3.05) is 0 Å². The van der Waals surface area contributed by atoms with Crippen molar-refractivity contribution in [3.8, 4) is 0 Å². The average Bonchev–Trinajstić information content (AvgIpc) is 2.27. The first-order valence-corrected chi connectivity index (χ1v) is 7.88. The second kappa shape index (κ2) is 11.6. The van der Waals surface area contributed by atoms with Crippen LogP contribution in [0.3, 0.4) is 0 Å². The fourth-order valence-corrected chi connectivity index (χ4v) is 2.82. The highest BCUT2D eigenvalue weighted by Gasteiger charge is 2.14. The van der Waals surface area contributed by atoms with Crippen LogP contribution < -0.4 is 5.73 Å². The number of unbranched alkanes of at least 4 members (excludes halogenated alkanes) is 4. The van der Waals surface area contributed by atoms with E-state index in [4.69, 9.17) is 5.73 Å². The summed E-state index contributed by atoms with van der Waals surface area (Å²) in [5, 5.41) is 0. The number of carbonyl (C=O) groups is 1. The van der Waals surface area contributed by atoms with Crippen molar-refractivity contribution >= 4 is 5.91 Å². The van der Waals surface area contributed by atoms with E-state index in [9.17, 15) is 4.79 Å². The van der Waals surface area contributed by atoms with Gasteiger partial charge in [0.2, 0.25) is 5.91 Å². The van der Waals surface area contributed by atoms with Gasteiger partial charge in [0.25, 0.3) is 0 Å². The Morgan fingerprint density at radius 2 is 1.67 bits per heavy atom. The molecule has 2 nitrogen and oxygen atoms in total. The molecule has 0 bridgehead atoms. The fourth-order valence-electron chi connectivity index (χ4n) is 2.82. The first-order chi connectivity index (χ1) is 8.60. The molecule has 0 fully saturated rings. The lowest BCUT2D eigenvalue weighted by atomic mass is 9.86. The molecular formula is C16H33NO. The third-order valence-electron chi connectivity index (χ3n) is 3.70. The normalized spacial score (nSPS) is 14.4. The van der Waals surface area contributed by atoms with E-state index in [0.29, 0.717) is 12.3 Å². The summed E-state index contributed by atoms with van der Waals surface area (Å²) in [7, 11) is 0. The van der Waals surface area contributed by atoms with Gasteiger partial charge in [0.05, 0.1) is 0 Å². The molecule has 0 radical (unpaired) electrons. The van der Waals surface area contributed by atoms with Gasteiger partial charge in [-0.1, -0.05) is 72.1 Å². The number of primary amides is 1. The Bertz CT molecular complexity index is 203. The van der Waals surface area contributed by atoms with Gasteiger partial charge in [0.15, 0.2) is 0 Å². The molecule has 2 atom stereocenters. The molecule has 0 saturated carbocycles. The molecule has 0 aliphatic heterocycles. The Kier molecular flexibility index (Phi) is 11.2. The topological polar surface area (TPSA) is 43.1 Å². The molecule has 0 aliphatic rings. The lowest BCUT2D eigenvalue weighted by molar-refractivity contribution is -0.118. The van der Waals surface area contributed by atoms with Crippen LogP contribution in [0.15, 0.2) is 0 Å². The highest BCUT2D eigenvalue weighted by atomic mass is 16.1. The van der Waals surface area contributed by atoms with Gasteiger partial charge in [0.1, 0.15) is 0 Å². The lowest BCUT2D eigenvalue weighted by Gasteiger charge is -2.19. The second-order valence-corrected chi connectivity index (χ2v) is 5.87. The highest BCUT2D eigenvalue weighted by Crippen LogP contribution is 2.25. The van der Waals surface area contributed by atoms with Crippen LogP contribution in [0, 0.1) is 11.8 Å². The summed E-state index contributed by atoms with van der Waals surface area (Å²) in [4.78, 5) is 10.9. The molecule has 2 heteroatoms. The first-order valence-electron chi connectivity index (χ1n) is 7.88. The van der Waals surface area contributed by atoms with Gasteiger partial charge >= 0.3 is 0 Å². The van der Waals surface area contributed by atoms with Crippen molar-refractivity contribution in [1.29, 1.82) is 0 Å². The fraction of sp³-hybridized carbons (Fsp3) is 0.938. The number of amides is 1. The Morgan fingerprint density at radius 1 is 1.00 bits per heavy atom. The Morgan fingerprint density at radius 3 is 2.22 bits per heavy atom. The number of hydrogen-bond donors (Lipinski definition) is 1. The molecule has 18 heavy (non-hydrogen) atoms. The summed E-state index contributed by atoms with van der Waals surface area (Å²) in [6, 6.07) is 0. The zero-order valence-corrected chi connectivity index (χ0v) is 12.7. The first kappa shape index (κ1) is 17.5. The SMILES string of the molecule is CCCCCCCC(CCC)CC(C)CC(N)=O. The molecule has 0 saturated heterocycles. The van der Waals surface area contributed by atoms with E-state index in [1.54, 1.807) is 0 Å². The Balaban J connectivity index is 3.79. The molecule has 0 aromatic rings. The Labute approximate surface area is 114 Å². The quantitative estimate of drug-likeness (QED) is 0.506. The summed E-state index contributed by atoms with van der Waals surface area (Å²) in [5.41, 5.74) is 5.26. The van der Waals surface area contributed by atoms with Gasteiger partial charge in [-0.3, -0.25) is 4.79 Å². The summed E-state index contributed by atoms with van der Waals surface area (Å²) in [5.74, 6) is 1.10. The molecule has 0 spiro atoms. The van der Waals surface area contributed by atoms with Gasteiger partial charge in [0, 0.05) is 6.42 Å². The third-order valence-corrected chi connectivity index (χ3v) is 3.70. The zero-order valence-electron chi connectivity index (χ0n) is 12.7. The smallest absolute Gasteiger partial charge is 0.217 e. The van der Waals surface area contributed by atoms with Crippen molar-refractivity contribution in [3.63, 3.8) is 0 Å². The van der Waals surface area contributed by atoms with Gasteiger partial charge in [-0.25, -0.2) is 0 Å².